The molecule has 0 unspecified atom stereocenters. The van der Waals surface area contributed by atoms with Crippen LogP contribution in [0.1, 0.15) is 11.1 Å². The summed E-state index contributed by atoms with van der Waals surface area (Å²) in [7, 11) is 0. The van der Waals surface area contributed by atoms with Crippen molar-refractivity contribution in [1.29, 1.82) is 0 Å². The van der Waals surface area contributed by atoms with Gasteiger partial charge in [0.05, 0.1) is 5.56 Å². The molecule has 2 nitrogen and oxygen atoms in total. The second-order valence-corrected chi connectivity index (χ2v) is 3.60. The van der Waals surface area contributed by atoms with Gasteiger partial charge in [-0.3, -0.25) is 0 Å². The van der Waals surface area contributed by atoms with Gasteiger partial charge in [0.25, 0.3) is 0 Å². The maximum Gasteiger partial charge on any atom is 0.134 e. The summed E-state index contributed by atoms with van der Waals surface area (Å²) >= 11 is 0. The van der Waals surface area contributed by atoms with Crippen LogP contribution < -0.4 is 4.74 Å². The van der Waals surface area contributed by atoms with Crippen LogP contribution in [0.15, 0.2) is 48.5 Å². The molecular weight excluding hydrogens is 212 g/mol. The molecule has 0 saturated heterocycles. The second-order valence-electron chi connectivity index (χ2n) is 3.60. The van der Waals surface area contributed by atoms with Crippen LogP contribution in [0.2, 0.25) is 0 Å². The highest BCUT2D eigenvalue weighted by atomic mass is 16.5. The molecule has 1 N–H and O–H groups in total. The molecule has 0 spiro atoms. The third-order valence-corrected chi connectivity index (χ3v) is 2.37. The molecule has 0 radical (unpaired) electrons. The van der Waals surface area contributed by atoms with Crippen molar-refractivity contribution in [2.24, 2.45) is 0 Å². The third kappa shape index (κ3) is 2.79. The maximum absolute atomic E-state index is 9.57. The fraction of sp³-hybridized carbons (Fsp3) is 0.0667. The number of rotatable bonds is 3. The van der Waals surface area contributed by atoms with Gasteiger partial charge >= 0.3 is 0 Å². The fourth-order valence-corrected chi connectivity index (χ4v) is 1.46. The molecule has 0 heterocycles. The summed E-state index contributed by atoms with van der Waals surface area (Å²) in [4.78, 5) is 0. The Kier molecular flexibility index (Phi) is 3.32. The first-order chi connectivity index (χ1) is 8.29. The number of hydrogen-bond acceptors (Lipinski definition) is 2. The van der Waals surface area contributed by atoms with Crippen LogP contribution in [-0.2, 0) is 6.61 Å². The smallest absolute Gasteiger partial charge is 0.134 e. The summed E-state index contributed by atoms with van der Waals surface area (Å²) in [6.45, 7) is 0.468. The first-order valence-corrected chi connectivity index (χ1v) is 5.26. The van der Waals surface area contributed by atoms with E-state index in [-0.39, 0.29) is 5.75 Å². The molecule has 0 aliphatic rings. The van der Waals surface area contributed by atoms with Gasteiger partial charge in [0, 0.05) is 6.07 Å². The Hall–Kier alpha value is -2.40. The molecule has 0 bridgehead atoms. The number of hydrogen-bond donors (Lipinski definition) is 1. The second kappa shape index (κ2) is 5.09. The highest BCUT2D eigenvalue weighted by molar-refractivity contribution is 5.48. The van der Waals surface area contributed by atoms with Crippen LogP contribution in [0.5, 0.6) is 11.5 Å². The van der Waals surface area contributed by atoms with Crippen molar-refractivity contribution in [3.8, 4) is 23.8 Å². The van der Waals surface area contributed by atoms with E-state index in [0.29, 0.717) is 17.9 Å². The van der Waals surface area contributed by atoms with E-state index in [0.717, 1.165) is 5.56 Å². The summed E-state index contributed by atoms with van der Waals surface area (Å²) in [6.07, 6.45) is 5.21. The van der Waals surface area contributed by atoms with Gasteiger partial charge in [-0.1, -0.05) is 36.3 Å². The van der Waals surface area contributed by atoms with Crippen LogP contribution in [0.3, 0.4) is 0 Å². The molecule has 0 aliphatic heterocycles. The molecule has 2 heteroatoms. The lowest BCUT2D eigenvalue weighted by atomic mass is 10.2. The van der Waals surface area contributed by atoms with Crippen molar-refractivity contribution in [2.45, 2.75) is 6.61 Å². The van der Waals surface area contributed by atoms with E-state index in [9.17, 15) is 5.11 Å². The molecule has 2 aromatic rings. The van der Waals surface area contributed by atoms with Crippen molar-refractivity contribution < 1.29 is 9.84 Å². The van der Waals surface area contributed by atoms with Crippen molar-refractivity contribution in [2.75, 3.05) is 0 Å². The minimum atomic E-state index is 0.0676. The molecule has 2 aromatic carbocycles. The Morgan fingerprint density at radius 2 is 1.88 bits per heavy atom. The van der Waals surface area contributed by atoms with E-state index in [4.69, 9.17) is 11.2 Å². The quantitative estimate of drug-likeness (QED) is 0.812. The SMILES string of the molecule is C#Cc1ccc(OCc2ccccc2)cc1O. The highest BCUT2D eigenvalue weighted by Gasteiger charge is 2.01. The topological polar surface area (TPSA) is 29.5 Å². The van der Waals surface area contributed by atoms with Crippen LogP contribution in [0, 0.1) is 12.3 Å². The van der Waals surface area contributed by atoms with E-state index in [1.807, 2.05) is 30.3 Å². The summed E-state index contributed by atoms with van der Waals surface area (Å²) in [5.74, 6) is 3.06. The average molecular weight is 224 g/mol. The Balaban J connectivity index is 2.06. The zero-order valence-corrected chi connectivity index (χ0v) is 9.26. The molecule has 2 rings (SSSR count). The number of benzene rings is 2. The van der Waals surface area contributed by atoms with E-state index in [2.05, 4.69) is 5.92 Å². The molecule has 0 amide bonds. The van der Waals surface area contributed by atoms with Crippen LogP contribution >= 0.6 is 0 Å². The summed E-state index contributed by atoms with van der Waals surface area (Å²) in [6, 6.07) is 14.8. The van der Waals surface area contributed by atoms with Gasteiger partial charge in [-0.2, -0.15) is 0 Å². The van der Waals surface area contributed by atoms with Gasteiger partial charge in [0.1, 0.15) is 18.1 Å². The molecule has 84 valence electrons. The molecule has 17 heavy (non-hydrogen) atoms. The van der Waals surface area contributed by atoms with Crippen molar-refractivity contribution in [1.82, 2.24) is 0 Å². The van der Waals surface area contributed by atoms with Crippen LogP contribution in [-0.4, -0.2) is 5.11 Å². The Labute approximate surface area is 100 Å². The number of phenols is 1. The Morgan fingerprint density at radius 1 is 1.12 bits per heavy atom. The number of terminal acetylenes is 1. The average Bonchev–Trinajstić information content (AvgIpc) is 2.38. The predicted molar refractivity (Wildman–Crippen MR) is 66.8 cm³/mol. The first-order valence-electron chi connectivity index (χ1n) is 5.26. The number of ether oxygens (including phenoxy) is 1. The molecule has 0 aromatic heterocycles. The standard InChI is InChI=1S/C15H12O2/c1-2-13-8-9-14(10-15(13)16)17-11-12-6-4-3-5-7-12/h1,3-10,16H,11H2. The number of aromatic hydroxyl groups is 1. The van der Waals surface area contributed by atoms with E-state index >= 15 is 0 Å². The summed E-state index contributed by atoms with van der Waals surface area (Å²) in [5, 5.41) is 9.57. The van der Waals surface area contributed by atoms with E-state index < -0.39 is 0 Å². The van der Waals surface area contributed by atoms with Crippen molar-refractivity contribution in [3.63, 3.8) is 0 Å². The zero-order valence-electron chi connectivity index (χ0n) is 9.26. The van der Waals surface area contributed by atoms with Gasteiger partial charge in [0.15, 0.2) is 0 Å². The van der Waals surface area contributed by atoms with Gasteiger partial charge in [-0.05, 0) is 17.7 Å². The lowest BCUT2D eigenvalue weighted by Gasteiger charge is -2.07. The first kappa shape index (κ1) is 11.1. The monoisotopic (exact) mass is 224 g/mol. The Morgan fingerprint density at radius 3 is 2.53 bits per heavy atom. The maximum atomic E-state index is 9.57. The molecule has 0 aliphatic carbocycles. The zero-order chi connectivity index (χ0) is 12.1. The van der Waals surface area contributed by atoms with Crippen molar-refractivity contribution >= 4 is 0 Å². The minimum absolute atomic E-state index is 0.0676. The van der Waals surface area contributed by atoms with Gasteiger partial charge < -0.3 is 9.84 Å². The molecular formula is C15H12O2. The highest BCUT2D eigenvalue weighted by Crippen LogP contribution is 2.23. The molecule has 0 atom stereocenters. The van der Waals surface area contributed by atoms with Gasteiger partial charge in [0.2, 0.25) is 0 Å². The minimum Gasteiger partial charge on any atom is -0.507 e. The molecule has 0 saturated carbocycles. The summed E-state index contributed by atoms with van der Waals surface area (Å²) in [5.41, 5.74) is 1.55. The normalized spacial score (nSPS) is 9.59. The van der Waals surface area contributed by atoms with Gasteiger partial charge in [-0.25, -0.2) is 0 Å². The van der Waals surface area contributed by atoms with Crippen LogP contribution in [0.4, 0.5) is 0 Å². The Bertz CT molecular complexity index is 539. The van der Waals surface area contributed by atoms with Gasteiger partial charge in [-0.15, -0.1) is 6.42 Å². The lowest BCUT2D eigenvalue weighted by molar-refractivity contribution is 0.304. The number of phenolic OH excluding ortho intramolecular Hbond substituents is 1. The van der Waals surface area contributed by atoms with Crippen LogP contribution in [0.25, 0.3) is 0 Å². The van der Waals surface area contributed by atoms with Crippen molar-refractivity contribution in [3.05, 3.63) is 59.7 Å². The fourth-order valence-electron chi connectivity index (χ4n) is 1.46. The largest absolute Gasteiger partial charge is 0.507 e. The van der Waals surface area contributed by atoms with E-state index in [1.54, 1.807) is 12.1 Å². The van der Waals surface area contributed by atoms with E-state index in [1.165, 1.54) is 6.07 Å². The predicted octanol–water partition coefficient (Wildman–Crippen LogP) is 2.95. The molecule has 0 fully saturated rings. The summed E-state index contributed by atoms with van der Waals surface area (Å²) < 4.78 is 5.54. The third-order valence-electron chi connectivity index (χ3n) is 2.37. The lowest BCUT2D eigenvalue weighted by Crippen LogP contribution is -1.94.